The van der Waals surface area contributed by atoms with Crippen LogP contribution in [0.15, 0.2) is 22.7 Å². The molecule has 2 nitrogen and oxygen atoms in total. The summed E-state index contributed by atoms with van der Waals surface area (Å²) in [6, 6.07) is 6.23. The Morgan fingerprint density at radius 2 is 2.05 bits per heavy atom. The summed E-state index contributed by atoms with van der Waals surface area (Å²) < 4.78 is 6.56. The minimum atomic E-state index is 0.634. The van der Waals surface area contributed by atoms with Crippen LogP contribution in [0.4, 0.5) is 0 Å². The number of benzene rings is 1. The zero-order valence-electron chi connectivity index (χ0n) is 11.5. The van der Waals surface area contributed by atoms with Gasteiger partial charge in [-0.2, -0.15) is 0 Å². The molecule has 19 heavy (non-hydrogen) atoms. The van der Waals surface area contributed by atoms with Gasteiger partial charge in [0.25, 0.3) is 0 Å². The third-order valence-electron chi connectivity index (χ3n) is 3.92. The smallest absolute Gasteiger partial charge is 0.123 e. The highest BCUT2D eigenvalue weighted by atomic mass is 79.9. The highest BCUT2D eigenvalue weighted by Crippen LogP contribution is 2.28. The van der Waals surface area contributed by atoms with Gasteiger partial charge in [-0.3, -0.25) is 4.90 Å². The standard InChI is InChI=1S/C15H21Br2NO/c1-11(16)12-5-7-18(8-6-12)10-13-9-14(17)3-4-15(13)19-2/h3-4,9,11-12H,5-8,10H2,1-2H3. The molecule has 1 unspecified atom stereocenters. The topological polar surface area (TPSA) is 12.5 Å². The largest absolute Gasteiger partial charge is 0.496 e. The van der Waals surface area contributed by atoms with E-state index in [4.69, 9.17) is 4.74 Å². The van der Waals surface area contributed by atoms with E-state index < -0.39 is 0 Å². The first-order valence-corrected chi connectivity index (χ1v) is 8.50. The Hall–Kier alpha value is -0.0600. The van der Waals surface area contributed by atoms with Gasteiger partial charge in [0.15, 0.2) is 0 Å². The van der Waals surface area contributed by atoms with Gasteiger partial charge in [0.05, 0.1) is 7.11 Å². The second-order valence-electron chi connectivity index (χ2n) is 5.25. The molecule has 1 atom stereocenters. The summed E-state index contributed by atoms with van der Waals surface area (Å²) in [7, 11) is 1.74. The van der Waals surface area contributed by atoms with Gasteiger partial charge in [-0.25, -0.2) is 0 Å². The summed E-state index contributed by atoms with van der Waals surface area (Å²) in [5.41, 5.74) is 1.27. The fourth-order valence-electron chi connectivity index (χ4n) is 2.68. The number of rotatable bonds is 4. The van der Waals surface area contributed by atoms with Gasteiger partial charge in [-0.15, -0.1) is 0 Å². The van der Waals surface area contributed by atoms with Crippen molar-refractivity contribution in [3.8, 4) is 5.75 Å². The Bertz CT molecular complexity index is 415. The molecule has 2 rings (SSSR count). The second-order valence-corrected chi connectivity index (χ2v) is 7.61. The van der Waals surface area contributed by atoms with Crippen molar-refractivity contribution >= 4 is 31.9 Å². The van der Waals surface area contributed by atoms with Crippen LogP contribution in [0.25, 0.3) is 0 Å². The number of alkyl halides is 1. The number of ether oxygens (including phenoxy) is 1. The lowest BCUT2D eigenvalue weighted by atomic mass is 9.94. The van der Waals surface area contributed by atoms with Gasteiger partial charge in [0.1, 0.15) is 5.75 Å². The molecule has 106 valence electrons. The number of methoxy groups -OCH3 is 1. The van der Waals surface area contributed by atoms with Crippen LogP contribution in [0.1, 0.15) is 25.3 Å². The summed E-state index contributed by atoms with van der Waals surface area (Å²) >= 11 is 7.25. The van der Waals surface area contributed by atoms with Crippen LogP contribution < -0.4 is 4.74 Å². The lowest BCUT2D eigenvalue weighted by Crippen LogP contribution is -2.35. The molecule has 1 aliphatic heterocycles. The molecule has 0 bridgehead atoms. The highest BCUT2D eigenvalue weighted by Gasteiger charge is 2.22. The maximum absolute atomic E-state index is 5.45. The number of hydrogen-bond donors (Lipinski definition) is 0. The van der Waals surface area contributed by atoms with Gasteiger partial charge < -0.3 is 4.74 Å². The lowest BCUT2D eigenvalue weighted by molar-refractivity contribution is 0.176. The fourth-order valence-corrected chi connectivity index (χ4v) is 3.62. The molecule has 0 saturated carbocycles. The van der Waals surface area contributed by atoms with Gasteiger partial charge in [-0.1, -0.05) is 38.8 Å². The highest BCUT2D eigenvalue weighted by molar-refractivity contribution is 9.10. The zero-order valence-corrected chi connectivity index (χ0v) is 14.7. The molecule has 1 heterocycles. The maximum atomic E-state index is 5.45. The van der Waals surface area contributed by atoms with Crippen molar-refractivity contribution in [2.75, 3.05) is 20.2 Å². The number of likely N-dealkylation sites (tertiary alicyclic amines) is 1. The molecule has 0 aromatic heterocycles. The molecular formula is C15H21Br2NO. The average Bonchev–Trinajstić information content (AvgIpc) is 2.39. The van der Waals surface area contributed by atoms with E-state index in [1.54, 1.807) is 7.11 Å². The lowest BCUT2D eigenvalue weighted by Gasteiger charge is -2.33. The molecule has 0 radical (unpaired) electrons. The van der Waals surface area contributed by atoms with Crippen molar-refractivity contribution in [3.05, 3.63) is 28.2 Å². The number of hydrogen-bond acceptors (Lipinski definition) is 2. The normalized spacial score (nSPS) is 19.4. The van der Waals surface area contributed by atoms with Crippen LogP contribution in [-0.2, 0) is 6.54 Å². The molecule has 1 aromatic carbocycles. The summed E-state index contributed by atoms with van der Waals surface area (Å²) in [5, 5.41) is 0. The average molecular weight is 391 g/mol. The Kier molecular flexibility index (Phi) is 5.72. The number of halogens is 2. The first-order chi connectivity index (χ1) is 9.10. The predicted molar refractivity (Wildman–Crippen MR) is 87.1 cm³/mol. The predicted octanol–water partition coefficient (Wildman–Crippen LogP) is 4.45. The van der Waals surface area contributed by atoms with Crippen LogP contribution in [-0.4, -0.2) is 29.9 Å². The molecule has 1 saturated heterocycles. The third-order valence-corrected chi connectivity index (χ3v) is 5.16. The molecular weight excluding hydrogens is 370 g/mol. The van der Waals surface area contributed by atoms with E-state index >= 15 is 0 Å². The van der Waals surface area contributed by atoms with Crippen molar-refractivity contribution in [1.29, 1.82) is 0 Å². The second kappa shape index (κ2) is 7.09. The Morgan fingerprint density at radius 1 is 1.37 bits per heavy atom. The van der Waals surface area contributed by atoms with Crippen molar-refractivity contribution < 1.29 is 4.74 Å². The first kappa shape index (κ1) is 15.3. The van der Waals surface area contributed by atoms with E-state index in [1.807, 2.05) is 12.1 Å². The molecule has 0 amide bonds. The van der Waals surface area contributed by atoms with Crippen LogP contribution in [0, 0.1) is 5.92 Å². The molecule has 1 aliphatic rings. The molecule has 0 aliphatic carbocycles. The van der Waals surface area contributed by atoms with Crippen LogP contribution in [0.3, 0.4) is 0 Å². The molecule has 1 fully saturated rings. The molecule has 0 spiro atoms. The SMILES string of the molecule is COc1ccc(Br)cc1CN1CCC(C(C)Br)CC1. The van der Waals surface area contributed by atoms with Crippen molar-refractivity contribution in [3.63, 3.8) is 0 Å². The molecule has 4 heteroatoms. The minimum absolute atomic E-state index is 0.634. The van der Waals surface area contributed by atoms with Crippen LogP contribution in [0.2, 0.25) is 0 Å². The third kappa shape index (κ3) is 4.20. The number of piperidine rings is 1. The van der Waals surface area contributed by atoms with E-state index in [1.165, 1.54) is 31.5 Å². The summed E-state index contributed by atoms with van der Waals surface area (Å²) in [5.74, 6) is 1.81. The van der Waals surface area contributed by atoms with Crippen LogP contribution in [0.5, 0.6) is 5.75 Å². The van der Waals surface area contributed by atoms with Gasteiger partial charge >= 0.3 is 0 Å². The first-order valence-electron chi connectivity index (χ1n) is 6.79. The van der Waals surface area contributed by atoms with Crippen molar-refractivity contribution in [2.45, 2.75) is 31.1 Å². The maximum Gasteiger partial charge on any atom is 0.123 e. The van der Waals surface area contributed by atoms with E-state index in [2.05, 4.69) is 49.7 Å². The quantitative estimate of drug-likeness (QED) is 0.704. The van der Waals surface area contributed by atoms with E-state index in [-0.39, 0.29) is 0 Å². The van der Waals surface area contributed by atoms with E-state index in [9.17, 15) is 0 Å². The van der Waals surface area contributed by atoms with Gasteiger partial charge in [-0.05, 0) is 50.0 Å². The minimum Gasteiger partial charge on any atom is -0.496 e. The summed E-state index contributed by atoms with van der Waals surface area (Å²) in [6.45, 7) is 5.59. The van der Waals surface area contributed by atoms with Crippen LogP contribution >= 0.6 is 31.9 Å². The summed E-state index contributed by atoms with van der Waals surface area (Å²) in [4.78, 5) is 3.16. The van der Waals surface area contributed by atoms with Crippen molar-refractivity contribution in [2.24, 2.45) is 5.92 Å². The van der Waals surface area contributed by atoms with Gasteiger partial charge in [0, 0.05) is 21.4 Å². The summed E-state index contributed by atoms with van der Waals surface area (Å²) in [6.07, 6.45) is 2.56. The number of nitrogens with zero attached hydrogens (tertiary/aromatic N) is 1. The fraction of sp³-hybridized carbons (Fsp3) is 0.600. The Morgan fingerprint density at radius 3 is 2.63 bits per heavy atom. The van der Waals surface area contributed by atoms with Gasteiger partial charge in [0.2, 0.25) is 0 Å². The van der Waals surface area contributed by atoms with E-state index in [0.29, 0.717) is 4.83 Å². The monoisotopic (exact) mass is 389 g/mol. The molecule has 0 N–H and O–H groups in total. The Labute approximate surface area is 132 Å². The van der Waals surface area contributed by atoms with Crippen molar-refractivity contribution in [1.82, 2.24) is 4.90 Å². The Balaban J connectivity index is 1.97. The molecule has 1 aromatic rings. The van der Waals surface area contributed by atoms with E-state index in [0.717, 1.165) is 22.7 Å². The zero-order chi connectivity index (χ0) is 13.8.